The standard InChI is InChI=1S/C10H10FNO2/c1-10(2,5-12)6-3-4-7(13)8(11)9(6)14/h3-4,13-14H,1-2H3. The lowest BCUT2D eigenvalue weighted by Gasteiger charge is -2.17. The van der Waals surface area contributed by atoms with Gasteiger partial charge in [-0.15, -0.1) is 0 Å². The highest BCUT2D eigenvalue weighted by Gasteiger charge is 2.26. The molecule has 1 aromatic rings. The third-order valence-electron chi connectivity index (χ3n) is 2.05. The molecule has 0 spiro atoms. The zero-order valence-corrected chi connectivity index (χ0v) is 7.87. The number of halogens is 1. The Morgan fingerprint density at radius 3 is 2.43 bits per heavy atom. The summed E-state index contributed by atoms with van der Waals surface area (Å²) in [6.07, 6.45) is 0. The Kier molecular flexibility index (Phi) is 2.35. The highest BCUT2D eigenvalue weighted by Crippen LogP contribution is 2.35. The topological polar surface area (TPSA) is 64.2 Å². The van der Waals surface area contributed by atoms with Crippen LogP contribution in [0.3, 0.4) is 0 Å². The van der Waals surface area contributed by atoms with Crippen LogP contribution in [0.25, 0.3) is 0 Å². The zero-order chi connectivity index (χ0) is 10.9. The molecule has 0 heterocycles. The maximum atomic E-state index is 13.0. The molecule has 3 nitrogen and oxygen atoms in total. The van der Waals surface area contributed by atoms with Gasteiger partial charge in [-0.05, 0) is 26.0 Å². The van der Waals surface area contributed by atoms with Gasteiger partial charge in [0.15, 0.2) is 11.5 Å². The maximum Gasteiger partial charge on any atom is 0.206 e. The van der Waals surface area contributed by atoms with Gasteiger partial charge in [0.05, 0.1) is 11.5 Å². The Morgan fingerprint density at radius 1 is 1.36 bits per heavy atom. The predicted octanol–water partition coefficient (Wildman–Crippen LogP) is 2.04. The van der Waals surface area contributed by atoms with Crippen molar-refractivity contribution in [1.29, 1.82) is 5.26 Å². The van der Waals surface area contributed by atoms with Gasteiger partial charge in [-0.25, -0.2) is 0 Å². The number of benzene rings is 1. The number of hydrogen-bond acceptors (Lipinski definition) is 3. The second kappa shape index (κ2) is 3.18. The number of rotatable bonds is 1. The Morgan fingerprint density at radius 2 is 1.93 bits per heavy atom. The van der Waals surface area contributed by atoms with Crippen molar-refractivity contribution < 1.29 is 14.6 Å². The molecule has 4 heteroatoms. The van der Waals surface area contributed by atoms with Gasteiger partial charge >= 0.3 is 0 Å². The molecule has 0 saturated carbocycles. The summed E-state index contributed by atoms with van der Waals surface area (Å²) in [5, 5.41) is 27.1. The normalized spacial score (nSPS) is 11.0. The van der Waals surface area contributed by atoms with Crippen LogP contribution < -0.4 is 0 Å². The van der Waals surface area contributed by atoms with Gasteiger partial charge in [0, 0.05) is 5.56 Å². The molecule has 0 saturated heterocycles. The fourth-order valence-electron chi connectivity index (χ4n) is 1.12. The smallest absolute Gasteiger partial charge is 0.206 e. The maximum absolute atomic E-state index is 13.0. The van der Waals surface area contributed by atoms with Crippen LogP contribution >= 0.6 is 0 Å². The molecule has 0 aromatic heterocycles. The molecule has 0 bridgehead atoms. The summed E-state index contributed by atoms with van der Waals surface area (Å²) < 4.78 is 13.0. The van der Waals surface area contributed by atoms with E-state index in [1.807, 2.05) is 6.07 Å². The first-order chi connectivity index (χ1) is 6.40. The van der Waals surface area contributed by atoms with Crippen molar-refractivity contribution in [2.75, 3.05) is 0 Å². The quantitative estimate of drug-likeness (QED) is 0.720. The molecular weight excluding hydrogens is 185 g/mol. The van der Waals surface area contributed by atoms with Gasteiger partial charge in [0.2, 0.25) is 5.82 Å². The molecule has 1 aromatic carbocycles. The van der Waals surface area contributed by atoms with Crippen LogP contribution in [-0.4, -0.2) is 10.2 Å². The average Bonchev–Trinajstić information content (AvgIpc) is 2.14. The van der Waals surface area contributed by atoms with Crippen molar-refractivity contribution in [2.24, 2.45) is 0 Å². The lowest BCUT2D eigenvalue weighted by molar-refractivity contribution is 0.380. The Hall–Kier alpha value is -1.76. The van der Waals surface area contributed by atoms with E-state index >= 15 is 0 Å². The predicted molar refractivity (Wildman–Crippen MR) is 48.4 cm³/mol. The molecule has 0 amide bonds. The molecule has 0 atom stereocenters. The first kappa shape index (κ1) is 10.3. The van der Waals surface area contributed by atoms with Crippen molar-refractivity contribution in [3.8, 4) is 17.6 Å². The lowest BCUT2D eigenvalue weighted by Crippen LogP contribution is -2.14. The minimum absolute atomic E-state index is 0.162. The van der Waals surface area contributed by atoms with Crippen LogP contribution in [0, 0.1) is 17.1 Å². The Balaban J connectivity index is 3.41. The number of phenolic OH excluding ortho intramolecular Hbond substituents is 2. The third-order valence-corrected chi connectivity index (χ3v) is 2.05. The van der Waals surface area contributed by atoms with E-state index in [4.69, 9.17) is 10.4 Å². The largest absolute Gasteiger partial charge is 0.505 e. The fourth-order valence-corrected chi connectivity index (χ4v) is 1.12. The molecule has 0 fully saturated rings. The summed E-state index contributed by atoms with van der Waals surface area (Å²) in [5.74, 6) is -2.39. The van der Waals surface area contributed by atoms with Gasteiger partial charge < -0.3 is 10.2 Å². The van der Waals surface area contributed by atoms with E-state index < -0.39 is 22.7 Å². The van der Waals surface area contributed by atoms with Crippen molar-refractivity contribution in [1.82, 2.24) is 0 Å². The van der Waals surface area contributed by atoms with Crippen LogP contribution in [0.2, 0.25) is 0 Å². The average molecular weight is 195 g/mol. The van der Waals surface area contributed by atoms with Gasteiger partial charge in [0.1, 0.15) is 0 Å². The van der Waals surface area contributed by atoms with Crippen molar-refractivity contribution in [3.05, 3.63) is 23.5 Å². The number of phenols is 2. The van der Waals surface area contributed by atoms with E-state index in [2.05, 4.69) is 0 Å². The third kappa shape index (κ3) is 1.49. The van der Waals surface area contributed by atoms with E-state index in [1.165, 1.54) is 6.07 Å². The summed E-state index contributed by atoms with van der Waals surface area (Å²) in [5.41, 5.74) is -0.825. The zero-order valence-electron chi connectivity index (χ0n) is 7.87. The molecule has 14 heavy (non-hydrogen) atoms. The van der Waals surface area contributed by atoms with Crippen molar-refractivity contribution in [2.45, 2.75) is 19.3 Å². The van der Waals surface area contributed by atoms with Crippen LogP contribution in [0.15, 0.2) is 12.1 Å². The number of nitrogens with zero attached hydrogens (tertiary/aromatic N) is 1. The Labute approximate surface area is 81.0 Å². The highest BCUT2D eigenvalue weighted by atomic mass is 19.1. The van der Waals surface area contributed by atoms with Crippen LogP contribution in [-0.2, 0) is 5.41 Å². The minimum Gasteiger partial charge on any atom is -0.505 e. The Bertz CT molecular complexity index is 407. The van der Waals surface area contributed by atoms with Crippen molar-refractivity contribution >= 4 is 0 Å². The monoisotopic (exact) mass is 195 g/mol. The SMILES string of the molecule is CC(C)(C#N)c1ccc(O)c(F)c1O. The second-order valence-electron chi connectivity index (χ2n) is 3.53. The molecular formula is C10H10FNO2. The summed E-state index contributed by atoms with van der Waals surface area (Å²) in [4.78, 5) is 0. The van der Waals surface area contributed by atoms with Gasteiger partial charge in [-0.1, -0.05) is 0 Å². The molecule has 0 aliphatic rings. The molecule has 0 aliphatic heterocycles. The highest BCUT2D eigenvalue weighted by molar-refractivity contribution is 5.46. The first-order valence-corrected chi connectivity index (χ1v) is 4.02. The molecule has 0 aliphatic carbocycles. The van der Waals surface area contributed by atoms with Gasteiger partial charge in [-0.3, -0.25) is 0 Å². The summed E-state index contributed by atoms with van der Waals surface area (Å²) >= 11 is 0. The molecule has 0 unspecified atom stereocenters. The molecule has 74 valence electrons. The number of aromatic hydroxyl groups is 2. The van der Waals surface area contributed by atoms with E-state index in [9.17, 15) is 9.50 Å². The number of nitriles is 1. The fraction of sp³-hybridized carbons (Fsp3) is 0.300. The summed E-state index contributed by atoms with van der Waals surface area (Å²) in [6.45, 7) is 3.11. The van der Waals surface area contributed by atoms with E-state index in [0.717, 1.165) is 6.07 Å². The van der Waals surface area contributed by atoms with Crippen LogP contribution in [0.5, 0.6) is 11.5 Å². The van der Waals surface area contributed by atoms with E-state index in [0.29, 0.717) is 0 Å². The van der Waals surface area contributed by atoms with Crippen LogP contribution in [0.1, 0.15) is 19.4 Å². The van der Waals surface area contributed by atoms with E-state index in [-0.39, 0.29) is 5.56 Å². The van der Waals surface area contributed by atoms with E-state index in [1.54, 1.807) is 13.8 Å². The van der Waals surface area contributed by atoms with Crippen LogP contribution in [0.4, 0.5) is 4.39 Å². The van der Waals surface area contributed by atoms with Gasteiger partial charge in [-0.2, -0.15) is 9.65 Å². The summed E-state index contributed by atoms with van der Waals surface area (Å²) in [6, 6.07) is 4.38. The second-order valence-corrected chi connectivity index (χ2v) is 3.53. The summed E-state index contributed by atoms with van der Waals surface area (Å²) in [7, 11) is 0. The first-order valence-electron chi connectivity index (χ1n) is 4.02. The molecule has 2 N–H and O–H groups in total. The molecule has 1 rings (SSSR count). The molecule has 0 radical (unpaired) electrons. The van der Waals surface area contributed by atoms with Gasteiger partial charge in [0.25, 0.3) is 0 Å². The van der Waals surface area contributed by atoms with Crippen molar-refractivity contribution in [3.63, 3.8) is 0 Å². The number of hydrogen-bond donors (Lipinski definition) is 2. The minimum atomic E-state index is -1.09. The lowest BCUT2D eigenvalue weighted by atomic mass is 9.85.